The summed E-state index contributed by atoms with van der Waals surface area (Å²) in [6, 6.07) is 2.34. The predicted molar refractivity (Wildman–Crippen MR) is 132 cm³/mol. The Bertz CT molecular complexity index is 969. The van der Waals surface area contributed by atoms with Crippen molar-refractivity contribution >= 4 is 52.5 Å². The molecule has 13 heteroatoms. The first kappa shape index (κ1) is 27.3. The zero-order valence-electron chi connectivity index (χ0n) is 20.0. The zero-order valence-corrected chi connectivity index (χ0v) is 22.2. The van der Waals surface area contributed by atoms with Gasteiger partial charge in [-0.15, -0.1) is 0 Å². The van der Waals surface area contributed by atoms with E-state index in [9.17, 15) is 14.7 Å². The van der Waals surface area contributed by atoms with Crippen LogP contribution in [-0.4, -0.2) is 84.9 Å². The third kappa shape index (κ3) is 5.58. The van der Waals surface area contributed by atoms with Gasteiger partial charge in [-0.2, -0.15) is 0 Å². The molecule has 200 valence electrons. The number of hydrogen-bond donors (Lipinski definition) is 1. The number of aliphatic hydroxyl groups is 1. The third-order valence-corrected chi connectivity index (χ3v) is 6.93. The summed E-state index contributed by atoms with van der Waals surface area (Å²) >= 11 is 17.5. The summed E-state index contributed by atoms with van der Waals surface area (Å²) in [6.07, 6.45) is 0.341. The summed E-state index contributed by atoms with van der Waals surface area (Å²) in [7, 11) is 2.89. The molecule has 2 fully saturated rings. The molecule has 1 aromatic carbocycles. The molecule has 3 aliphatic rings. The second-order valence-electron chi connectivity index (χ2n) is 8.81. The van der Waals surface area contributed by atoms with Gasteiger partial charge in [-0.1, -0.05) is 34.8 Å². The molecule has 2 amide bonds. The van der Waals surface area contributed by atoms with E-state index in [4.69, 9.17) is 58.5 Å². The Morgan fingerprint density at radius 3 is 2.50 bits per heavy atom. The van der Waals surface area contributed by atoms with E-state index in [1.165, 1.54) is 31.3 Å². The topological polar surface area (TPSA) is 107 Å². The number of ether oxygens (including phenoxy) is 5. The standard InChI is InChI=1S/C23H29Cl3N2O8/c1-32-16-9-14-15(10-17(16)33-2)28(22(31)35-12-23(24,25)26)21(36-18-5-3-4-8-34-18)19-13(11-29)6-7-27(19)20(14)30/h9-10,13,18-19,21,29H,3-8,11-12H2,1-2H3/t13?,18?,19-,21?/m0/s1. The Morgan fingerprint density at radius 2 is 1.89 bits per heavy atom. The lowest BCUT2D eigenvalue weighted by molar-refractivity contribution is -0.198. The van der Waals surface area contributed by atoms with Crippen LogP contribution >= 0.6 is 34.8 Å². The van der Waals surface area contributed by atoms with Crippen LogP contribution in [0, 0.1) is 5.92 Å². The molecular formula is C23H29Cl3N2O8. The van der Waals surface area contributed by atoms with Gasteiger partial charge in [0.05, 0.1) is 31.5 Å². The first-order chi connectivity index (χ1) is 17.2. The van der Waals surface area contributed by atoms with Gasteiger partial charge in [-0.3, -0.25) is 4.79 Å². The number of rotatable bonds is 6. The van der Waals surface area contributed by atoms with Crippen molar-refractivity contribution in [3.8, 4) is 11.5 Å². The Hall–Kier alpha value is -1.69. The minimum atomic E-state index is -1.85. The van der Waals surface area contributed by atoms with Crippen molar-refractivity contribution in [3.63, 3.8) is 0 Å². The van der Waals surface area contributed by atoms with Gasteiger partial charge in [-0.25, -0.2) is 9.69 Å². The molecule has 0 aromatic heterocycles. The zero-order chi connectivity index (χ0) is 26.0. The molecule has 0 spiro atoms. The van der Waals surface area contributed by atoms with Gasteiger partial charge in [0.2, 0.25) is 3.79 Å². The van der Waals surface area contributed by atoms with Crippen LogP contribution in [0.3, 0.4) is 0 Å². The van der Waals surface area contributed by atoms with Crippen molar-refractivity contribution in [2.75, 3.05) is 45.5 Å². The fraction of sp³-hybridized carbons (Fsp3) is 0.652. The van der Waals surface area contributed by atoms with Gasteiger partial charge < -0.3 is 33.7 Å². The number of alkyl halides is 3. The van der Waals surface area contributed by atoms with E-state index in [0.29, 0.717) is 31.7 Å². The maximum atomic E-state index is 13.8. The molecule has 10 nitrogen and oxygen atoms in total. The van der Waals surface area contributed by atoms with Crippen molar-refractivity contribution in [3.05, 3.63) is 17.7 Å². The summed E-state index contributed by atoms with van der Waals surface area (Å²) in [6.45, 7) is 0.131. The maximum absolute atomic E-state index is 13.8. The van der Waals surface area contributed by atoms with Crippen molar-refractivity contribution < 1.29 is 38.4 Å². The van der Waals surface area contributed by atoms with Crippen LogP contribution in [0.5, 0.6) is 11.5 Å². The average molecular weight is 568 g/mol. The van der Waals surface area contributed by atoms with Gasteiger partial charge >= 0.3 is 6.09 Å². The molecular weight excluding hydrogens is 539 g/mol. The second kappa shape index (κ2) is 11.4. The highest BCUT2D eigenvalue weighted by molar-refractivity contribution is 6.67. The largest absolute Gasteiger partial charge is 0.493 e. The Kier molecular flexibility index (Phi) is 8.63. The molecule has 3 aliphatic heterocycles. The van der Waals surface area contributed by atoms with Gasteiger partial charge in [0.25, 0.3) is 5.91 Å². The average Bonchev–Trinajstić information content (AvgIpc) is 3.26. The highest BCUT2D eigenvalue weighted by Gasteiger charge is 2.51. The second-order valence-corrected chi connectivity index (χ2v) is 11.3. The number of anilines is 1. The number of carbonyl (C=O) groups is 2. The molecule has 4 atom stereocenters. The lowest BCUT2D eigenvalue weighted by atomic mass is 9.99. The molecule has 2 saturated heterocycles. The fourth-order valence-electron chi connectivity index (χ4n) is 4.92. The van der Waals surface area contributed by atoms with Crippen LogP contribution in [0.1, 0.15) is 36.0 Å². The lowest BCUT2D eigenvalue weighted by Crippen LogP contribution is -2.56. The van der Waals surface area contributed by atoms with Crippen LogP contribution in [0.4, 0.5) is 10.5 Å². The number of aliphatic hydroxyl groups excluding tert-OH is 1. The number of benzene rings is 1. The third-order valence-electron chi connectivity index (χ3n) is 6.60. The van der Waals surface area contributed by atoms with Gasteiger partial charge in [0, 0.05) is 31.7 Å². The Morgan fingerprint density at radius 1 is 1.17 bits per heavy atom. The molecule has 1 N–H and O–H groups in total. The van der Waals surface area contributed by atoms with Gasteiger partial charge in [-0.05, 0) is 31.7 Å². The predicted octanol–water partition coefficient (Wildman–Crippen LogP) is 3.72. The summed E-state index contributed by atoms with van der Waals surface area (Å²) < 4.78 is 26.6. The SMILES string of the molecule is COc1cc2c(cc1OC)N(C(=O)OCC(Cl)(Cl)Cl)C(OC1CCCCO1)[C@@H]1C(CO)CCN1C2=O. The number of fused-ring (bicyclic) bond motifs is 2. The van der Waals surface area contributed by atoms with E-state index in [1.54, 1.807) is 4.90 Å². The molecule has 0 aliphatic carbocycles. The number of halogens is 3. The lowest BCUT2D eigenvalue weighted by Gasteiger charge is -2.39. The monoisotopic (exact) mass is 566 g/mol. The molecule has 0 saturated carbocycles. The summed E-state index contributed by atoms with van der Waals surface area (Å²) in [5, 5.41) is 10.2. The van der Waals surface area contributed by atoms with Crippen molar-refractivity contribution in [2.45, 2.75) is 48.0 Å². The summed E-state index contributed by atoms with van der Waals surface area (Å²) in [5.74, 6) is -0.105. The number of hydrogen-bond acceptors (Lipinski definition) is 8. The molecule has 3 heterocycles. The Balaban J connectivity index is 1.86. The van der Waals surface area contributed by atoms with Crippen molar-refractivity contribution in [1.82, 2.24) is 4.90 Å². The highest BCUT2D eigenvalue weighted by atomic mass is 35.6. The van der Waals surface area contributed by atoms with Crippen LogP contribution < -0.4 is 14.4 Å². The molecule has 0 radical (unpaired) electrons. The summed E-state index contributed by atoms with van der Waals surface area (Å²) in [4.78, 5) is 30.2. The first-order valence-electron chi connectivity index (χ1n) is 11.7. The van der Waals surface area contributed by atoms with E-state index in [1.807, 2.05) is 0 Å². The number of amides is 2. The van der Waals surface area contributed by atoms with Gasteiger partial charge in [0.1, 0.15) is 6.61 Å². The number of methoxy groups -OCH3 is 2. The van der Waals surface area contributed by atoms with Crippen molar-refractivity contribution in [1.29, 1.82) is 0 Å². The molecule has 3 unspecified atom stereocenters. The molecule has 36 heavy (non-hydrogen) atoms. The smallest absolute Gasteiger partial charge is 0.416 e. The molecule has 0 bridgehead atoms. The van der Waals surface area contributed by atoms with Crippen LogP contribution in [0.25, 0.3) is 0 Å². The van der Waals surface area contributed by atoms with Crippen molar-refractivity contribution in [2.24, 2.45) is 5.92 Å². The van der Waals surface area contributed by atoms with Crippen LogP contribution in [0.2, 0.25) is 0 Å². The Labute approximate surface area is 224 Å². The minimum Gasteiger partial charge on any atom is -0.493 e. The number of nitrogens with zero attached hydrogens (tertiary/aromatic N) is 2. The van der Waals surface area contributed by atoms with E-state index in [-0.39, 0.29) is 35.4 Å². The quantitative estimate of drug-likeness (QED) is 0.519. The van der Waals surface area contributed by atoms with E-state index in [2.05, 4.69) is 0 Å². The first-order valence-corrected chi connectivity index (χ1v) is 12.8. The van der Waals surface area contributed by atoms with E-state index in [0.717, 1.165) is 12.8 Å². The summed E-state index contributed by atoms with van der Waals surface area (Å²) in [5.41, 5.74) is 0.358. The highest BCUT2D eigenvalue weighted by Crippen LogP contribution is 2.44. The normalized spacial score (nSPS) is 26.2. The van der Waals surface area contributed by atoms with E-state index >= 15 is 0 Å². The van der Waals surface area contributed by atoms with Gasteiger partial charge in [0.15, 0.2) is 24.0 Å². The van der Waals surface area contributed by atoms with E-state index < -0.39 is 35.1 Å². The van der Waals surface area contributed by atoms with Crippen LogP contribution in [-0.2, 0) is 14.2 Å². The minimum absolute atomic E-state index is 0.178. The molecule has 4 rings (SSSR count). The number of carbonyl (C=O) groups excluding carboxylic acids is 2. The fourth-order valence-corrected chi connectivity index (χ4v) is 5.08. The maximum Gasteiger partial charge on any atom is 0.416 e. The van der Waals surface area contributed by atoms with Crippen LogP contribution in [0.15, 0.2) is 12.1 Å². The molecule has 1 aromatic rings.